The Bertz CT molecular complexity index is 796. The van der Waals surface area contributed by atoms with Crippen molar-refractivity contribution < 1.29 is 9.21 Å². The number of carbonyl (C=O) groups excluding carboxylic acids is 1. The molecule has 1 atom stereocenters. The van der Waals surface area contributed by atoms with Gasteiger partial charge in [0.25, 0.3) is 0 Å². The first-order valence-corrected chi connectivity index (χ1v) is 8.27. The van der Waals surface area contributed by atoms with E-state index in [-0.39, 0.29) is 12.1 Å². The molecule has 130 valence electrons. The van der Waals surface area contributed by atoms with Gasteiger partial charge in [0.05, 0.1) is 19.1 Å². The number of nitrogens with one attached hydrogen (secondary N) is 1. The molecule has 0 saturated carbocycles. The van der Waals surface area contributed by atoms with Gasteiger partial charge in [0.2, 0.25) is 0 Å². The average molecular weight is 338 g/mol. The van der Waals surface area contributed by atoms with Crippen molar-refractivity contribution >= 4 is 6.03 Å². The zero-order valence-electron chi connectivity index (χ0n) is 14.4. The zero-order valence-corrected chi connectivity index (χ0v) is 14.4. The van der Waals surface area contributed by atoms with E-state index in [2.05, 4.69) is 10.3 Å². The highest BCUT2D eigenvalue weighted by atomic mass is 16.3. The number of nitrogens with zero attached hydrogens (tertiary/aromatic N) is 3. The summed E-state index contributed by atoms with van der Waals surface area (Å²) in [5.74, 6) is 0.791. The van der Waals surface area contributed by atoms with Crippen LogP contribution in [0.25, 0.3) is 0 Å². The third-order valence-corrected chi connectivity index (χ3v) is 4.14. The van der Waals surface area contributed by atoms with Crippen molar-refractivity contribution in [2.75, 3.05) is 6.54 Å². The monoisotopic (exact) mass is 338 g/mol. The maximum Gasteiger partial charge on any atom is 0.318 e. The van der Waals surface area contributed by atoms with Crippen molar-refractivity contribution in [1.29, 1.82) is 0 Å². The van der Waals surface area contributed by atoms with Crippen LogP contribution < -0.4 is 5.32 Å². The summed E-state index contributed by atoms with van der Waals surface area (Å²) in [6.45, 7) is 3.05. The number of amides is 2. The van der Waals surface area contributed by atoms with E-state index in [1.54, 1.807) is 23.6 Å². The zero-order chi connectivity index (χ0) is 17.6. The number of carbonyl (C=O) groups is 1. The van der Waals surface area contributed by atoms with Gasteiger partial charge in [0.1, 0.15) is 11.9 Å². The predicted molar refractivity (Wildman–Crippen MR) is 94.8 cm³/mol. The number of urea groups is 1. The van der Waals surface area contributed by atoms with Gasteiger partial charge in [0.15, 0.2) is 0 Å². The largest absolute Gasteiger partial charge is 0.472 e. The van der Waals surface area contributed by atoms with Crippen LogP contribution in [-0.2, 0) is 13.6 Å². The summed E-state index contributed by atoms with van der Waals surface area (Å²) in [4.78, 5) is 19.0. The van der Waals surface area contributed by atoms with E-state index in [9.17, 15) is 4.79 Å². The summed E-state index contributed by atoms with van der Waals surface area (Å²) in [6, 6.07) is 11.3. The molecule has 0 aliphatic heterocycles. The lowest BCUT2D eigenvalue weighted by molar-refractivity contribution is 0.195. The van der Waals surface area contributed by atoms with E-state index >= 15 is 0 Å². The smallest absolute Gasteiger partial charge is 0.318 e. The van der Waals surface area contributed by atoms with Crippen LogP contribution in [0.5, 0.6) is 0 Å². The maximum atomic E-state index is 12.8. The van der Waals surface area contributed by atoms with Gasteiger partial charge in [-0.05, 0) is 18.6 Å². The van der Waals surface area contributed by atoms with Crippen LogP contribution >= 0.6 is 0 Å². The van der Waals surface area contributed by atoms with Gasteiger partial charge in [0, 0.05) is 31.5 Å². The lowest BCUT2D eigenvalue weighted by Crippen LogP contribution is -2.42. The van der Waals surface area contributed by atoms with Crippen LogP contribution in [0.3, 0.4) is 0 Å². The highest BCUT2D eigenvalue weighted by molar-refractivity contribution is 5.75. The molecule has 0 saturated heterocycles. The second-order valence-corrected chi connectivity index (χ2v) is 5.84. The summed E-state index contributed by atoms with van der Waals surface area (Å²) < 4.78 is 7.01. The Morgan fingerprint density at radius 2 is 2.12 bits per heavy atom. The molecule has 2 heterocycles. The fourth-order valence-electron chi connectivity index (χ4n) is 2.74. The van der Waals surface area contributed by atoms with Gasteiger partial charge >= 0.3 is 6.03 Å². The van der Waals surface area contributed by atoms with Gasteiger partial charge in [-0.15, -0.1) is 0 Å². The summed E-state index contributed by atoms with van der Waals surface area (Å²) in [5, 5.41) is 3.11. The molecule has 3 rings (SSSR count). The van der Waals surface area contributed by atoms with Gasteiger partial charge in [-0.25, -0.2) is 9.78 Å². The van der Waals surface area contributed by atoms with Crippen molar-refractivity contribution in [2.45, 2.75) is 19.5 Å². The number of hydrogen-bond acceptors (Lipinski definition) is 3. The molecule has 0 bridgehead atoms. The fourth-order valence-corrected chi connectivity index (χ4v) is 2.74. The predicted octanol–water partition coefficient (Wildman–Crippen LogP) is 3.33. The molecule has 6 nitrogen and oxygen atoms in total. The minimum Gasteiger partial charge on any atom is -0.472 e. The Labute approximate surface area is 147 Å². The Morgan fingerprint density at radius 3 is 2.72 bits per heavy atom. The van der Waals surface area contributed by atoms with Crippen LogP contribution in [0.15, 0.2) is 65.7 Å². The average Bonchev–Trinajstić information content (AvgIpc) is 3.30. The first-order valence-electron chi connectivity index (χ1n) is 8.27. The number of imidazole rings is 1. The summed E-state index contributed by atoms with van der Waals surface area (Å²) in [7, 11) is 1.92. The van der Waals surface area contributed by atoms with E-state index in [0.717, 1.165) is 17.0 Å². The van der Waals surface area contributed by atoms with Gasteiger partial charge in [-0.2, -0.15) is 0 Å². The lowest BCUT2D eigenvalue weighted by Gasteiger charge is -2.25. The molecular formula is C19H22N4O2. The van der Waals surface area contributed by atoms with Gasteiger partial charge in [-0.3, -0.25) is 0 Å². The molecule has 3 aromatic rings. The van der Waals surface area contributed by atoms with Crippen LogP contribution in [0.4, 0.5) is 4.79 Å². The van der Waals surface area contributed by atoms with Crippen molar-refractivity contribution in [2.24, 2.45) is 7.05 Å². The molecule has 2 aromatic heterocycles. The van der Waals surface area contributed by atoms with E-state index in [4.69, 9.17) is 4.42 Å². The summed E-state index contributed by atoms with van der Waals surface area (Å²) in [6.07, 6.45) is 6.88. The minimum absolute atomic E-state index is 0.138. The fraction of sp³-hybridized carbons (Fsp3) is 0.263. The molecule has 25 heavy (non-hydrogen) atoms. The third-order valence-electron chi connectivity index (χ3n) is 4.14. The van der Waals surface area contributed by atoms with Crippen molar-refractivity contribution in [3.8, 4) is 0 Å². The van der Waals surface area contributed by atoms with Crippen LogP contribution in [0, 0.1) is 0 Å². The number of benzene rings is 1. The van der Waals surface area contributed by atoms with Crippen LogP contribution in [-0.4, -0.2) is 27.0 Å². The molecule has 0 radical (unpaired) electrons. The first kappa shape index (κ1) is 16.8. The summed E-state index contributed by atoms with van der Waals surface area (Å²) >= 11 is 0. The number of furan rings is 1. The molecule has 0 aliphatic rings. The number of hydrogen-bond donors (Lipinski definition) is 1. The Hall–Kier alpha value is -3.02. The normalized spacial score (nSPS) is 11.9. The molecule has 2 amide bonds. The van der Waals surface area contributed by atoms with Crippen molar-refractivity contribution in [3.05, 3.63) is 78.3 Å². The standard InChI is InChI=1S/C19H22N4O2/c1-3-23(13-15-9-12-25-14-15)19(24)21-17(16-7-5-4-6-8-16)18-20-10-11-22(18)2/h4-12,14,17H,3,13H2,1-2H3,(H,21,24)/t17-/m1/s1. The highest BCUT2D eigenvalue weighted by Crippen LogP contribution is 2.20. The van der Waals surface area contributed by atoms with Crippen molar-refractivity contribution in [3.63, 3.8) is 0 Å². The van der Waals surface area contributed by atoms with Gasteiger partial charge in [-0.1, -0.05) is 30.3 Å². The second-order valence-electron chi connectivity index (χ2n) is 5.84. The van der Waals surface area contributed by atoms with E-state index in [1.165, 1.54) is 0 Å². The quantitative estimate of drug-likeness (QED) is 0.750. The summed E-state index contributed by atoms with van der Waals surface area (Å²) in [5.41, 5.74) is 1.95. The van der Waals surface area contributed by atoms with Gasteiger partial charge < -0.3 is 19.2 Å². The van der Waals surface area contributed by atoms with Crippen LogP contribution in [0.1, 0.15) is 29.9 Å². The first-order chi connectivity index (χ1) is 12.2. The number of rotatable bonds is 6. The Kier molecular flexibility index (Phi) is 5.18. The van der Waals surface area contributed by atoms with E-state index in [1.807, 2.05) is 61.1 Å². The molecule has 0 unspecified atom stereocenters. The van der Waals surface area contributed by atoms with Crippen molar-refractivity contribution in [1.82, 2.24) is 19.8 Å². The molecule has 1 aromatic carbocycles. The molecule has 1 N–H and O–H groups in total. The third kappa shape index (κ3) is 3.91. The maximum absolute atomic E-state index is 12.8. The van der Waals surface area contributed by atoms with Crippen LogP contribution in [0.2, 0.25) is 0 Å². The number of aryl methyl sites for hydroxylation is 1. The molecule has 0 spiro atoms. The molecule has 6 heteroatoms. The van der Waals surface area contributed by atoms with E-state index in [0.29, 0.717) is 13.1 Å². The van der Waals surface area contributed by atoms with E-state index < -0.39 is 0 Å². The SMILES string of the molecule is CCN(Cc1ccoc1)C(=O)N[C@H](c1ccccc1)c1nccn1C. The Balaban J connectivity index is 1.82. The topological polar surface area (TPSA) is 63.3 Å². The second kappa shape index (κ2) is 7.70. The highest BCUT2D eigenvalue weighted by Gasteiger charge is 2.23. The molecule has 0 fully saturated rings. The minimum atomic E-state index is -0.313. The lowest BCUT2D eigenvalue weighted by atomic mass is 10.1. The molecular weight excluding hydrogens is 316 g/mol. The Morgan fingerprint density at radius 1 is 1.32 bits per heavy atom. The molecule has 0 aliphatic carbocycles. The number of aromatic nitrogens is 2.